The number of carbonyl (C=O) groups is 2. The van der Waals surface area contributed by atoms with Gasteiger partial charge in [-0.1, -0.05) is 24.3 Å². The molecule has 1 aliphatic rings. The molecule has 0 aromatic heterocycles. The largest absolute Gasteiger partial charge is 0.416 e. The Morgan fingerprint density at radius 3 is 2.20 bits per heavy atom. The van der Waals surface area contributed by atoms with Crippen LogP contribution in [0.2, 0.25) is 0 Å². The molecule has 0 saturated carbocycles. The Morgan fingerprint density at radius 2 is 1.66 bits per heavy atom. The molecule has 35 heavy (non-hydrogen) atoms. The molecule has 1 heterocycles. The van der Waals surface area contributed by atoms with Gasteiger partial charge in [0, 0.05) is 32.5 Å². The van der Waals surface area contributed by atoms with Crippen molar-refractivity contribution in [1.29, 1.82) is 0 Å². The Hall–Kier alpha value is -2.92. The van der Waals surface area contributed by atoms with E-state index in [1.165, 1.54) is 11.2 Å². The maximum absolute atomic E-state index is 12.9. The molecule has 0 unspecified atom stereocenters. The van der Waals surface area contributed by atoms with Gasteiger partial charge in [-0.05, 0) is 55.2 Å². The van der Waals surface area contributed by atoms with Gasteiger partial charge < -0.3 is 10.6 Å². The standard InChI is InChI=1S/C24H28F3N3O4S/c1-16-5-3-4-6-18(16)15-22(28-17(2)31)23(32)29-20-11-13-30(14-12-20)35(33,34)21-9-7-19(8-10-21)24(25,26)27/h3-10,20,22H,11-15H2,1-2H3,(H,28,31)(H,29,32)/t22-/m1/s1. The minimum atomic E-state index is -4.55. The molecule has 2 aromatic rings. The Labute approximate surface area is 202 Å². The molecule has 1 saturated heterocycles. The van der Waals surface area contributed by atoms with Gasteiger partial charge in [0.15, 0.2) is 0 Å². The number of nitrogens with zero attached hydrogens (tertiary/aromatic N) is 1. The van der Waals surface area contributed by atoms with Gasteiger partial charge in [-0.15, -0.1) is 0 Å². The number of sulfonamides is 1. The fourth-order valence-electron chi connectivity index (χ4n) is 4.02. The molecule has 190 valence electrons. The summed E-state index contributed by atoms with van der Waals surface area (Å²) in [6.07, 6.45) is -3.56. The number of hydrogen-bond donors (Lipinski definition) is 2. The van der Waals surface area contributed by atoms with Crippen molar-refractivity contribution in [1.82, 2.24) is 14.9 Å². The SMILES string of the molecule is CC(=O)N[C@H](Cc1ccccc1C)C(=O)NC1CCN(S(=O)(=O)c2ccc(C(F)(F)F)cc2)CC1. The van der Waals surface area contributed by atoms with Crippen molar-refractivity contribution in [2.24, 2.45) is 0 Å². The summed E-state index contributed by atoms with van der Waals surface area (Å²) in [5.74, 6) is -0.691. The number of hydrogen-bond acceptors (Lipinski definition) is 4. The second kappa shape index (κ2) is 10.8. The Morgan fingerprint density at radius 1 is 1.06 bits per heavy atom. The second-order valence-electron chi connectivity index (χ2n) is 8.59. The molecule has 0 bridgehead atoms. The molecule has 7 nitrogen and oxygen atoms in total. The summed E-state index contributed by atoms with van der Waals surface area (Å²) in [4.78, 5) is 24.4. The average Bonchev–Trinajstić information content (AvgIpc) is 2.79. The number of benzene rings is 2. The molecule has 0 radical (unpaired) electrons. The summed E-state index contributed by atoms with van der Waals surface area (Å²) in [7, 11) is -3.96. The van der Waals surface area contributed by atoms with Gasteiger partial charge in [0.05, 0.1) is 10.5 Å². The Balaban J connectivity index is 1.61. The number of alkyl halides is 3. The molecular weight excluding hydrogens is 483 g/mol. The van der Waals surface area contributed by atoms with E-state index in [0.717, 1.165) is 35.4 Å². The Bertz CT molecular complexity index is 1160. The molecule has 2 amide bonds. The molecule has 0 aliphatic carbocycles. The van der Waals surface area contributed by atoms with Crippen LogP contribution in [0.15, 0.2) is 53.4 Å². The van der Waals surface area contributed by atoms with Crippen LogP contribution in [0, 0.1) is 6.92 Å². The first-order chi connectivity index (χ1) is 16.4. The smallest absolute Gasteiger partial charge is 0.351 e. The predicted octanol–water partition coefficient (Wildman–Crippen LogP) is 3.03. The lowest BCUT2D eigenvalue weighted by atomic mass is 9.99. The number of amides is 2. The highest BCUT2D eigenvalue weighted by Crippen LogP contribution is 2.30. The number of nitrogens with one attached hydrogen (secondary N) is 2. The van der Waals surface area contributed by atoms with Crippen LogP contribution in [0.5, 0.6) is 0 Å². The highest BCUT2D eigenvalue weighted by atomic mass is 32.2. The maximum Gasteiger partial charge on any atom is 0.416 e. The lowest BCUT2D eigenvalue weighted by molar-refractivity contribution is -0.137. The topological polar surface area (TPSA) is 95.6 Å². The van der Waals surface area contributed by atoms with Crippen molar-refractivity contribution in [2.45, 2.75) is 56.3 Å². The summed E-state index contributed by atoms with van der Waals surface area (Å²) >= 11 is 0. The average molecular weight is 512 g/mol. The maximum atomic E-state index is 12.9. The van der Waals surface area contributed by atoms with Crippen molar-refractivity contribution in [3.63, 3.8) is 0 Å². The van der Waals surface area contributed by atoms with E-state index in [9.17, 15) is 31.2 Å². The van der Waals surface area contributed by atoms with Crippen LogP contribution in [-0.2, 0) is 32.2 Å². The molecule has 1 fully saturated rings. The van der Waals surface area contributed by atoms with E-state index in [-0.39, 0.29) is 35.8 Å². The van der Waals surface area contributed by atoms with E-state index in [0.29, 0.717) is 19.3 Å². The summed E-state index contributed by atoms with van der Waals surface area (Å²) in [6.45, 7) is 3.47. The number of carbonyl (C=O) groups excluding carboxylic acids is 2. The summed E-state index contributed by atoms with van der Waals surface area (Å²) in [5.41, 5.74) is 1.01. The molecular formula is C24H28F3N3O4S. The van der Waals surface area contributed by atoms with E-state index >= 15 is 0 Å². The fourth-order valence-corrected chi connectivity index (χ4v) is 5.49. The highest BCUT2D eigenvalue weighted by molar-refractivity contribution is 7.89. The molecule has 2 N–H and O–H groups in total. The lowest BCUT2D eigenvalue weighted by Gasteiger charge is -2.32. The molecule has 3 rings (SSSR count). The van der Waals surface area contributed by atoms with Crippen LogP contribution in [0.3, 0.4) is 0 Å². The van der Waals surface area contributed by atoms with E-state index < -0.39 is 27.8 Å². The van der Waals surface area contributed by atoms with E-state index in [1.807, 2.05) is 31.2 Å². The third kappa shape index (κ3) is 6.82. The van der Waals surface area contributed by atoms with Crippen LogP contribution < -0.4 is 10.6 Å². The normalized spacial score (nSPS) is 16.5. The van der Waals surface area contributed by atoms with Crippen LogP contribution in [-0.4, -0.2) is 49.7 Å². The predicted molar refractivity (Wildman–Crippen MR) is 124 cm³/mol. The molecule has 1 aliphatic heterocycles. The minimum absolute atomic E-state index is 0.108. The van der Waals surface area contributed by atoms with Crippen LogP contribution >= 0.6 is 0 Å². The first-order valence-electron chi connectivity index (χ1n) is 11.2. The van der Waals surface area contributed by atoms with Gasteiger partial charge in [0.25, 0.3) is 0 Å². The van der Waals surface area contributed by atoms with Gasteiger partial charge in [-0.2, -0.15) is 17.5 Å². The zero-order valence-electron chi connectivity index (χ0n) is 19.4. The highest BCUT2D eigenvalue weighted by Gasteiger charge is 2.33. The monoisotopic (exact) mass is 511 g/mol. The first-order valence-corrected chi connectivity index (χ1v) is 12.6. The van der Waals surface area contributed by atoms with Crippen molar-refractivity contribution < 1.29 is 31.2 Å². The zero-order chi connectivity index (χ0) is 25.8. The van der Waals surface area contributed by atoms with Gasteiger partial charge in [-0.25, -0.2) is 8.42 Å². The summed E-state index contributed by atoms with van der Waals surface area (Å²) in [5, 5.41) is 5.58. The van der Waals surface area contributed by atoms with Crippen molar-refractivity contribution in [2.75, 3.05) is 13.1 Å². The van der Waals surface area contributed by atoms with E-state index in [1.54, 1.807) is 0 Å². The minimum Gasteiger partial charge on any atom is -0.351 e. The van der Waals surface area contributed by atoms with Crippen molar-refractivity contribution >= 4 is 21.8 Å². The fraction of sp³-hybridized carbons (Fsp3) is 0.417. The van der Waals surface area contributed by atoms with Gasteiger partial charge in [-0.3, -0.25) is 9.59 Å². The van der Waals surface area contributed by atoms with Crippen molar-refractivity contribution in [3.8, 4) is 0 Å². The lowest BCUT2D eigenvalue weighted by Crippen LogP contribution is -2.53. The number of aryl methyl sites for hydroxylation is 1. The third-order valence-electron chi connectivity index (χ3n) is 6.00. The van der Waals surface area contributed by atoms with Crippen LogP contribution in [0.25, 0.3) is 0 Å². The molecule has 1 atom stereocenters. The van der Waals surface area contributed by atoms with E-state index in [2.05, 4.69) is 10.6 Å². The van der Waals surface area contributed by atoms with Gasteiger partial charge >= 0.3 is 6.18 Å². The quantitative estimate of drug-likeness (QED) is 0.598. The van der Waals surface area contributed by atoms with Crippen molar-refractivity contribution in [3.05, 3.63) is 65.2 Å². The number of rotatable bonds is 7. The molecule has 11 heteroatoms. The second-order valence-corrected chi connectivity index (χ2v) is 10.5. The van der Waals surface area contributed by atoms with E-state index in [4.69, 9.17) is 0 Å². The number of halogens is 3. The first kappa shape index (κ1) is 26.7. The van der Waals surface area contributed by atoms with Crippen LogP contribution in [0.4, 0.5) is 13.2 Å². The van der Waals surface area contributed by atoms with Crippen LogP contribution in [0.1, 0.15) is 36.5 Å². The Kier molecular flexibility index (Phi) is 8.22. The molecule has 2 aromatic carbocycles. The van der Waals surface area contributed by atoms with Gasteiger partial charge in [0.2, 0.25) is 21.8 Å². The summed E-state index contributed by atoms with van der Waals surface area (Å²) in [6, 6.07) is 9.89. The summed E-state index contributed by atoms with van der Waals surface area (Å²) < 4.78 is 65.2. The zero-order valence-corrected chi connectivity index (χ0v) is 20.2. The van der Waals surface area contributed by atoms with Gasteiger partial charge in [0.1, 0.15) is 6.04 Å². The number of piperidine rings is 1. The molecule has 0 spiro atoms. The third-order valence-corrected chi connectivity index (χ3v) is 7.91.